The van der Waals surface area contributed by atoms with E-state index in [1.54, 1.807) is 26.5 Å². The number of aryl methyl sites for hydroxylation is 1. The summed E-state index contributed by atoms with van der Waals surface area (Å²) in [7, 11) is 3.25. The van der Waals surface area contributed by atoms with Gasteiger partial charge in [-0.05, 0) is 36.3 Å². The summed E-state index contributed by atoms with van der Waals surface area (Å²) in [5, 5.41) is 3.35. The molecule has 1 atom stereocenters. The van der Waals surface area contributed by atoms with Crippen LogP contribution in [0, 0.1) is 6.92 Å². The number of pyridine rings is 1. The summed E-state index contributed by atoms with van der Waals surface area (Å²) in [6, 6.07) is 7.67. The van der Waals surface area contributed by atoms with Crippen molar-refractivity contribution in [2.75, 3.05) is 19.5 Å². The predicted octanol–water partition coefficient (Wildman–Crippen LogP) is 2.03. The van der Waals surface area contributed by atoms with Crippen molar-refractivity contribution >= 4 is 11.4 Å². The molecule has 0 saturated carbocycles. The molecule has 3 rings (SSSR count). The molecule has 0 fully saturated rings. The molecular weight excluding hydrogens is 304 g/mol. The third kappa shape index (κ3) is 3.00. The van der Waals surface area contributed by atoms with E-state index in [0.29, 0.717) is 12.1 Å². The average Bonchev–Trinajstić information content (AvgIpc) is 2.54. The second kappa shape index (κ2) is 6.05. The van der Waals surface area contributed by atoms with Gasteiger partial charge in [0.1, 0.15) is 22.9 Å². The van der Waals surface area contributed by atoms with Crippen LogP contribution in [0.3, 0.4) is 0 Å². The van der Waals surface area contributed by atoms with Gasteiger partial charge in [-0.1, -0.05) is 6.07 Å². The molecule has 2 aromatic rings. The Bertz CT molecular complexity index is 804. The van der Waals surface area contributed by atoms with Crippen molar-refractivity contribution in [1.82, 2.24) is 4.98 Å². The lowest BCUT2D eigenvalue weighted by atomic mass is 9.94. The highest BCUT2D eigenvalue weighted by molar-refractivity contribution is 5.77. The Labute approximate surface area is 141 Å². The van der Waals surface area contributed by atoms with Crippen LogP contribution in [0.25, 0.3) is 5.70 Å². The zero-order chi connectivity index (χ0) is 17.3. The lowest BCUT2D eigenvalue weighted by Gasteiger charge is -2.34. The number of benzene rings is 1. The van der Waals surface area contributed by atoms with Gasteiger partial charge in [0.25, 0.3) is 0 Å². The molecule has 0 saturated heterocycles. The van der Waals surface area contributed by atoms with Crippen molar-refractivity contribution in [3.05, 3.63) is 53.4 Å². The summed E-state index contributed by atoms with van der Waals surface area (Å²) in [5.74, 6) is 1.46. The molecule has 0 radical (unpaired) electrons. The Hall–Kier alpha value is -2.73. The van der Waals surface area contributed by atoms with Crippen molar-refractivity contribution in [1.29, 1.82) is 0 Å². The van der Waals surface area contributed by atoms with Gasteiger partial charge in [-0.25, -0.2) is 0 Å². The van der Waals surface area contributed by atoms with Crippen molar-refractivity contribution in [3.63, 3.8) is 0 Å². The number of ether oxygens (including phenoxy) is 2. The lowest BCUT2D eigenvalue weighted by Crippen LogP contribution is -2.50. The van der Waals surface area contributed by atoms with E-state index in [0.717, 1.165) is 34.0 Å². The highest BCUT2D eigenvalue weighted by Gasteiger charge is 2.30. The Morgan fingerprint density at radius 1 is 1.21 bits per heavy atom. The standard InChI is InChI=1S/C18H22N4O2/c1-11-6-15-17(21-10-11)14(19)9-18(20,22-15)8-12-4-5-13(23-2)7-16(12)24-3/h4-7,9-10,22H,8,19-20H2,1-3H3. The minimum absolute atomic E-state index is 0.508. The fourth-order valence-corrected chi connectivity index (χ4v) is 2.94. The van der Waals surface area contributed by atoms with Gasteiger partial charge in [0, 0.05) is 18.7 Å². The van der Waals surface area contributed by atoms with Crippen LogP contribution in [0.5, 0.6) is 11.5 Å². The van der Waals surface area contributed by atoms with E-state index in [-0.39, 0.29) is 0 Å². The van der Waals surface area contributed by atoms with Gasteiger partial charge in [-0.15, -0.1) is 0 Å². The average molecular weight is 326 g/mol. The SMILES string of the molecule is COc1ccc(CC2(N)C=C(N)c3ncc(C)cc3N2)c(OC)c1. The molecule has 1 aliphatic rings. The first-order valence-electron chi connectivity index (χ1n) is 7.67. The molecular formula is C18H22N4O2. The first-order chi connectivity index (χ1) is 11.4. The second-order valence-corrected chi connectivity index (χ2v) is 6.03. The van der Waals surface area contributed by atoms with Crippen molar-refractivity contribution in [3.8, 4) is 11.5 Å². The number of fused-ring (bicyclic) bond motifs is 1. The summed E-state index contributed by atoms with van der Waals surface area (Å²) in [6.07, 6.45) is 4.10. The van der Waals surface area contributed by atoms with Gasteiger partial charge in [-0.2, -0.15) is 0 Å². The van der Waals surface area contributed by atoms with Crippen LogP contribution >= 0.6 is 0 Å². The van der Waals surface area contributed by atoms with E-state index >= 15 is 0 Å². The fraction of sp³-hybridized carbons (Fsp3) is 0.278. The maximum atomic E-state index is 6.56. The maximum absolute atomic E-state index is 6.56. The Morgan fingerprint density at radius 3 is 2.71 bits per heavy atom. The van der Waals surface area contributed by atoms with E-state index in [1.165, 1.54) is 0 Å². The Kier molecular flexibility index (Phi) is 4.07. The quantitative estimate of drug-likeness (QED) is 0.796. The van der Waals surface area contributed by atoms with Gasteiger partial charge >= 0.3 is 0 Å². The summed E-state index contributed by atoms with van der Waals surface area (Å²) >= 11 is 0. The van der Waals surface area contributed by atoms with Crippen LogP contribution < -0.4 is 26.3 Å². The van der Waals surface area contributed by atoms with Gasteiger partial charge in [0.05, 0.1) is 25.6 Å². The molecule has 24 heavy (non-hydrogen) atoms. The first-order valence-corrected chi connectivity index (χ1v) is 7.67. The molecule has 1 aromatic heterocycles. The van der Waals surface area contributed by atoms with Crippen LogP contribution in [0.1, 0.15) is 16.8 Å². The van der Waals surface area contributed by atoms with Crippen LogP contribution in [0.2, 0.25) is 0 Å². The molecule has 5 N–H and O–H groups in total. The van der Waals surface area contributed by atoms with E-state index < -0.39 is 5.66 Å². The number of nitrogens with zero attached hydrogens (tertiary/aromatic N) is 1. The third-order valence-corrected chi connectivity index (χ3v) is 4.06. The van der Waals surface area contributed by atoms with Crippen molar-refractivity contribution < 1.29 is 9.47 Å². The van der Waals surface area contributed by atoms with E-state index in [4.69, 9.17) is 20.9 Å². The molecule has 0 spiro atoms. The van der Waals surface area contributed by atoms with Gasteiger partial charge in [0.15, 0.2) is 0 Å². The van der Waals surface area contributed by atoms with Gasteiger partial charge < -0.3 is 26.3 Å². The van der Waals surface area contributed by atoms with Gasteiger partial charge in [-0.3, -0.25) is 4.98 Å². The van der Waals surface area contributed by atoms with Crippen molar-refractivity contribution in [2.24, 2.45) is 11.5 Å². The number of nitrogens with two attached hydrogens (primary N) is 2. The number of aromatic nitrogens is 1. The minimum Gasteiger partial charge on any atom is -0.497 e. The Balaban J connectivity index is 1.94. The monoisotopic (exact) mass is 326 g/mol. The van der Waals surface area contributed by atoms with Crippen LogP contribution in [0.15, 0.2) is 36.5 Å². The van der Waals surface area contributed by atoms with E-state index in [1.807, 2.05) is 31.2 Å². The van der Waals surface area contributed by atoms with Gasteiger partial charge in [0.2, 0.25) is 0 Å². The Morgan fingerprint density at radius 2 is 2.00 bits per heavy atom. The number of hydrogen-bond acceptors (Lipinski definition) is 6. The smallest absolute Gasteiger partial charge is 0.125 e. The molecule has 2 heterocycles. The fourth-order valence-electron chi connectivity index (χ4n) is 2.94. The zero-order valence-electron chi connectivity index (χ0n) is 14.1. The molecule has 126 valence electrons. The molecule has 6 heteroatoms. The predicted molar refractivity (Wildman–Crippen MR) is 94.9 cm³/mol. The molecule has 0 aliphatic carbocycles. The van der Waals surface area contributed by atoms with E-state index in [2.05, 4.69) is 10.3 Å². The summed E-state index contributed by atoms with van der Waals surface area (Å²) in [6.45, 7) is 1.98. The molecule has 0 bridgehead atoms. The zero-order valence-corrected chi connectivity index (χ0v) is 14.1. The lowest BCUT2D eigenvalue weighted by molar-refractivity contribution is 0.388. The molecule has 1 aliphatic heterocycles. The molecule has 1 unspecified atom stereocenters. The summed E-state index contributed by atoms with van der Waals surface area (Å²) < 4.78 is 10.7. The number of rotatable bonds is 4. The molecule has 6 nitrogen and oxygen atoms in total. The van der Waals surface area contributed by atoms with Crippen molar-refractivity contribution in [2.45, 2.75) is 19.0 Å². The third-order valence-electron chi connectivity index (χ3n) is 4.06. The topological polar surface area (TPSA) is 95.4 Å². The number of methoxy groups -OCH3 is 2. The number of nitrogens with one attached hydrogen (secondary N) is 1. The summed E-state index contributed by atoms with van der Waals surface area (Å²) in [5.41, 5.74) is 16.0. The van der Waals surface area contributed by atoms with Crippen LogP contribution in [0.4, 0.5) is 5.69 Å². The maximum Gasteiger partial charge on any atom is 0.125 e. The first kappa shape index (κ1) is 16.1. The number of anilines is 1. The van der Waals surface area contributed by atoms with Crippen LogP contribution in [-0.4, -0.2) is 24.9 Å². The highest BCUT2D eigenvalue weighted by atomic mass is 16.5. The molecule has 1 aromatic carbocycles. The largest absolute Gasteiger partial charge is 0.497 e. The summed E-state index contributed by atoms with van der Waals surface area (Å²) in [4.78, 5) is 4.38. The van der Waals surface area contributed by atoms with Crippen LogP contribution in [-0.2, 0) is 6.42 Å². The second-order valence-electron chi connectivity index (χ2n) is 6.03. The normalized spacial score (nSPS) is 19.1. The molecule has 0 amide bonds. The minimum atomic E-state index is -0.825. The highest BCUT2D eigenvalue weighted by Crippen LogP contribution is 2.33. The van der Waals surface area contributed by atoms with E-state index in [9.17, 15) is 0 Å². The number of hydrogen-bond donors (Lipinski definition) is 3.